The Kier molecular flexibility index (Phi) is 20.7. The highest BCUT2D eigenvalue weighted by atomic mass is 32.2. The van der Waals surface area contributed by atoms with Crippen molar-refractivity contribution in [3.63, 3.8) is 0 Å². The Bertz CT molecular complexity index is 1940. The third kappa shape index (κ3) is 14.7. The fourth-order valence-corrected chi connectivity index (χ4v) is 10.0. The van der Waals surface area contributed by atoms with Crippen LogP contribution in [0.15, 0.2) is 54.6 Å². The highest BCUT2D eigenvalue weighted by molar-refractivity contribution is 7.89. The molecule has 358 valence electrons. The van der Waals surface area contributed by atoms with E-state index >= 15 is 0 Å². The van der Waals surface area contributed by atoms with Gasteiger partial charge in [-0.2, -0.15) is 0 Å². The molecule has 0 aliphatic carbocycles. The Morgan fingerprint density at radius 2 is 1.45 bits per heavy atom. The number of ether oxygens (including phenoxy) is 2. The second kappa shape index (κ2) is 24.6. The molecule has 16 nitrogen and oxygen atoms in total. The fraction of sp³-hybridized carbons (Fsp3) is 0.638. The van der Waals surface area contributed by atoms with Gasteiger partial charge in [0, 0.05) is 39.9 Å². The largest absolute Gasteiger partial charge is 0.399 e. The van der Waals surface area contributed by atoms with Crippen LogP contribution in [0.4, 0.5) is 5.69 Å². The average molecular weight is 914 g/mol. The Morgan fingerprint density at radius 1 is 0.828 bits per heavy atom. The summed E-state index contributed by atoms with van der Waals surface area (Å²) in [4.78, 5) is 75.2. The Hall–Kier alpha value is -4.58. The second-order valence-electron chi connectivity index (χ2n) is 18.2. The number of likely N-dealkylation sites (N-methyl/N-ethyl adjacent to an activating group) is 2. The lowest BCUT2D eigenvalue weighted by molar-refractivity contribution is -0.148. The lowest BCUT2D eigenvalue weighted by Gasteiger charge is -2.41. The summed E-state index contributed by atoms with van der Waals surface area (Å²) >= 11 is 0. The van der Waals surface area contributed by atoms with Gasteiger partial charge in [-0.3, -0.25) is 33.6 Å². The van der Waals surface area contributed by atoms with Crippen LogP contribution >= 0.6 is 0 Å². The summed E-state index contributed by atoms with van der Waals surface area (Å²) in [7, 11) is 4.20. The lowest BCUT2D eigenvalue weighted by Crippen LogP contribution is -2.59. The monoisotopic (exact) mass is 914 g/mol. The first-order chi connectivity index (χ1) is 30.1. The summed E-state index contributed by atoms with van der Waals surface area (Å²) in [5.74, 6) is -3.83. The molecule has 1 heterocycles. The van der Waals surface area contributed by atoms with Crippen molar-refractivity contribution in [2.45, 2.75) is 129 Å². The fourth-order valence-electron chi connectivity index (χ4n) is 8.87. The molecule has 1 saturated heterocycles. The van der Waals surface area contributed by atoms with Gasteiger partial charge in [0.1, 0.15) is 12.1 Å². The van der Waals surface area contributed by atoms with Gasteiger partial charge in [-0.1, -0.05) is 97.4 Å². The van der Waals surface area contributed by atoms with Crippen molar-refractivity contribution in [1.82, 2.24) is 30.1 Å². The van der Waals surface area contributed by atoms with Crippen molar-refractivity contribution in [2.24, 2.45) is 23.7 Å². The number of methoxy groups -OCH3 is 2. The summed E-state index contributed by atoms with van der Waals surface area (Å²) in [5, 5.41) is 5.81. The summed E-state index contributed by atoms with van der Waals surface area (Å²) in [6.07, 6.45) is 0.346. The molecule has 64 heavy (non-hydrogen) atoms. The molecule has 0 aromatic heterocycles. The van der Waals surface area contributed by atoms with Crippen LogP contribution in [-0.4, -0.2) is 137 Å². The third-order valence-electron chi connectivity index (χ3n) is 12.5. The van der Waals surface area contributed by atoms with Crippen molar-refractivity contribution in [3.05, 3.63) is 65.7 Å². The highest BCUT2D eigenvalue weighted by Gasteiger charge is 2.43. The molecular weight excluding hydrogens is 839 g/mol. The third-order valence-corrected chi connectivity index (χ3v) is 13.7. The molecular formula is C47H75N7O9S. The normalized spacial score (nSPS) is 18.1. The first kappa shape index (κ1) is 53.8. The molecule has 1 fully saturated rings. The molecule has 0 radical (unpaired) electrons. The number of rotatable bonds is 24. The SMILES string of the molecule is CC[C@@H](C)[C@@H]([C@@H](CC(=O)N1CCC[C@H]1[C@H](OC)[C@@H](C)C(=O)N[C@@H](Cc1ccccc1)C(=O)NS(=O)(=O)Cc1ccc(N)cc1)OC)N(C)C(=O)C(NC(=O)[C@H](C(C)C)N(C)C)C(C)C. The van der Waals surface area contributed by atoms with Gasteiger partial charge in [0.05, 0.1) is 48.4 Å². The number of hydrogen-bond donors (Lipinski definition) is 4. The van der Waals surface area contributed by atoms with Gasteiger partial charge in [0.15, 0.2) is 0 Å². The van der Waals surface area contributed by atoms with Crippen LogP contribution in [0.2, 0.25) is 0 Å². The maximum absolute atomic E-state index is 14.4. The second-order valence-corrected chi connectivity index (χ2v) is 19.9. The number of hydrogen-bond acceptors (Lipinski definition) is 11. The number of amides is 5. The quantitative estimate of drug-likeness (QED) is 0.112. The zero-order valence-corrected chi connectivity index (χ0v) is 40.8. The van der Waals surface area contributed by atoms with Crippen molar-refractivity contribution in [2.75, 3.05) is 47.6 Å². The number of carbonyl (C=O) groups excluding carboxylic acids is 5. The molecule has 5 amide bonds. The zero-order valence-electron chi connectivity index (χ0n) is 40.0. The van der Waals surface area contributed by atoms with E-state index in [0.717, 1.165) is 0 Å². The molecule has 3 rings (SSSR count). The van der Waals surface area contributed by atoms with E-state index in [9.17, 15) is 32.4 Å². The number of likely N-dealkylation sites (tertiary alicyclic amines) is 1. The maximum atomic E-state index is 14.4. The van der Waals surface area contributed by atoms with Crippen LogP contribution in [0.25, 0.3) is 0 Å². The molecule has 2 aromatic carbocycles. The molecule has 2 aromatic rings. The minimum atomic E-state index is -4.16. The Labute approximate surface area is 381 Å². The average Bonchev–Trinajstić information content (AvgIpc) is 3.72. The van der Waals surface area contributed by atoms with Gasteiger partial charge in [-0.15, -0.1) is 0 Å². The van der Waals surface area contributed by atoms with Crippen LogP contribution in [0.3, 0.4) is 0 Å². The van der Waals surface area contributed by atoms with Gasteiger partial charge >= 0.3 is 0 Å². The van der Waals surface area contributed by atoms with E-state index in [2.05, 4.69) is 15.4 Å². The number of carbonyl (C=O) groups is 5. The van der Waals surface area contributed by atoms with E-state index < -0.39 is 75.9 Å². The summed E-state index contributed by atoms with van der Waals surface area (Å²) < 4.78 is 40.4. The molecule has 5 N–H and O–H groups in total. The number of nitrogens with one attached hydrogen (secondary N) is 3. The molecule has 1 aliphatic rings. The van der Waals surface area contributed by atoms with E-state index in [1.54, 1.807) is 72.3 Å². The van der Waals surface area contributed by atoms with Gasteiger partial charge in [-0.25, -0.2) is 8.42 Å². The van der Waals surface area contributed by atoms with E-state index in [-0.39, 0.29) is 48.3 Å². The zero-order chi connectivity index (χ0) is 48.1. The Balaban J connectivity index is 1.82. The summed E-state index contributed by atoms with van der Waals surface area (Å²) in [6.45, 7) is 13.8. The molecule has 9 atom stereocenters. The van der Waals surface area contributed by atoms with E-state index in [1.807, 2.05) is 66.6 Å². The first-order valence-corrected chi connectivity index (χ1v) is 24.0. The first-order valence-electron chi connectivity index (χ1n) is 22.4. The van der Waals surface area contributed by atoms with E-state index in [4.69, 9.17) is 15.2 Å². The minimum absolute atomic E-state index is 0.0121. The van der Waals surface area contributed by atoms with Gasteiger partial charge in [0.25, 0.3) is 5.91 Å². The van der Waals surface area contributed by atoms with Crippen molar-refractivity contribution in [3.8, 4) is 0 Å². The van der Waals surface area contributed by atoms with E-state index in [1.165, 1.54) is 14.2 Å². The van der Waals surface area contributed by atoms with Gasteiger partial charge in [-0.05, 0) is 68.0 Å². The topological polar surface area (TPSA) is 210 Å². The number of anilines is 1. The van der Waals surface area contributed by atoms with Gasteiger partial charge in [0.2, 0.25) is 33.7 Å². The molecule has 0 spiro atoms. The predicted octanol–water partition coefficient (Wildman–Crippen LogP) is 3.59. The molecule has 1 unspecified atom stereocenters. The van der Waals surface area contributed by atoms with Crippen LogP contribution < -0.4 is 21.1 Å². The van der Waals surface area contributed by atoms with Crippen molar-refractivity contribution in [1.29, 1.82) is 0 Å². The number of nitrogens with zero attached hydrogens (tertiary/aromatic N) is 3. The summed E-state index contributed by atoms with van der Waals surface area (Å²) in [6, 6.07) is 11.7. The number of sulfonamides is 1. The molecule has 0 saturated carbocycles. The summed E-state index contributed by atoms with van der Waals surface area (Å²) in [5.41, 5.74) is 7.35. The Morgan fingerprint density at radius 3 is 1.98 bits per heavy atom. The number of benzene rings is 2. The predicted molar refractivity (Wildman–Crippen MR) is 249 cm³/mol. The minimum Gasteiger partial charge on any atom is -0.399 e. The standard InChI is InChI=1S/C47H75N7O9S/c1-13-31(6)42(53(10)47(59)40(29(2)3)50-46(58)41(30(4)5)52(8)9)38(62-11)27-39(55)54-25-17-20-37(54)43(63-12)32(7)44(56)49-36(26-33-18-15-14-16-19-33)45(57)51-64(60,61)28-34-21-23-35(48)24-22-34/h14-16,18-19,21-24,29-32,36-38,40-43H,13,17,20,25-28,48H2,1-12H3,(H,49,56)(H,50,58)(H,51,57)/t31-,32-,36+,37+,38-,40?,41+,42+,43-/m1/s1. The van der Waals surface area contributed by atoms with Crippen LogP contribution in [0.5, 0.6) is 0 Å². The van der Waals surface area contributed by atoms with E-state index in [0.29, 0.717) is 42.6 Å². The lowest BCUT2D eigenvalue weighted by atomic mass is 9.89. The smallest absolute Gasteiger partial charge is 0.256 e. The van der Waals surface area contributed by atoms with Crippen LogP contribution in [0, 0.1) is 23.7 Å². The highest BCUT2D eigenvalue weighted by Crippen LogP contribution is 2.30. The molecule has 1 aliphatic heterocycles. The maximum Gasteiger partial charge on any atom is 0.256 e. The van der Waals surface area contributed by atoms with Crippen LogP contribution in [-0.2, 0) is 55.6 Å². The van der Waals surface area contributed by atoms with Gasteiger partial charge < -0.3 is 35.6 Å². The number of nitrogens with two attached hydrogens (primary N) is 1. The van der Waals surface area contributed by atoms with Crippen molar-refractivity contribution >= 4 is 45.2 Å². The molecule has 17 heteroatoms. The molecule has 0 bridgehead atoms. The van der Waals surface area contributed by atoms with Crippen LogP contribution in [0.1, 0.15) is 85.3 Å². The van der Waals surface area contributed by atoms with Crippen molar-refractivity contribution < 1.29 is 41.9 Å². The number of nitrogen functional groups attached to an aromatic ring is 1.